The molecular formula is C15H19NO9. The minimum Gasteiger partial charge on any atom is -0.479 e. The molecule has 1 aromatic carbocycles. The number of carboxylic acid groups (broad SMARTS) is 1. The number of rotatable bonds is 5. The number of carbonyl (C=O) groups excluding carboxylic acids is 1. The summed E-state index contributed by atoms with van der Waals surface area (Å²) in [5.74, 6) is -3.64. The molecular weight excluding hydrogens is 338 g/mol. The third kappa shape index (κ3) is 4.37. The van der Waals surface area contributed by atoms with Gasteiger partial charge in [0, 0.05) is 7.05 Å². The van der Waals surface area contributed by atoms with Crippen molar-refractivity contribution in [2.45, 2.75) is 30.7 Å². The lowest BCUT2D eigenvalue weighted by atomic mass is 9.97. The van der Waals surface area contributed by atoms with Gasteiger partial charge in [0.2, 0.25) is 0 Å². The van der Waals surface area contributed by atoms with E-state index in [1.54, 1.807) is 12.1 Å². The monoisotopic (exact) mass is 357 g/mol. The fraction of sp³-hybridized carbons (Fsp3) is 0.467. The van der Waals surface area contributed by atoms with Gasteiger partial charge >= 0.3 is 12.1 Å². The molecule has 1 heterocycles. The van der Waals surface area contributed by atoms with E-state index in [1.807, 2.05) is 0 Å². The third-order valence-electron chi connectivity index (χ3n) is 3.60. The number of hydrogen-bond acceptors (Lipinski definition) is 8. The van der Waals surface area contributed by atoms with Crippen molar-refractivity contribution >= 4 is 12.1 Å². The van der Waals surface area contributed by atoms with Gasteiger partial charge < -0.3 is 40.0 Å². The first-order valence-corrected chi connectivity index (χ1v) is 7.32. The van der Waals surface area contributed by atoms with Gasteiger partial charge in [-0.1, -0.05) is 12.1 Å². The highest BCUT2D eigenvalue weighted by Crippen LogP contribution is 2.28. The smallest absolute Gasteiger partial charge is 0.407 e. The summed E-state index contributed by atoms with van der Waals surface area (Å²) in [6.45, 7) is -0.626. The molecule has 1 aliphatic heterocycles. The van der Waals surface area contributed by atoms with Gasteiger partial charge in [0.05, 0.1) is 0 Å². The topological polar surface area (TPSA) is 155 Å². The lowest BCUT2D eigenvalue weighted by molar-refractivity contribution is -0.301. The van der Waals surface area contributed by atoms with Crippen LogP contribution in [0.25, 0.3) is 0 Å². The summed E-state index contributed by atoms with van der Waals surface area (Å²) in [5.41, 5.74) is 0.648. The first kappa shape index (κ1) is 18.9. The number of alkyl carbamates (subject to hydrolysis) is 1. The van der Waals surface area contributed by atoms with Crippen LogP contribution >= 0.6 is 0 Å². The van der Waals surface area contributed by atoms with Gasteiger partial charge in [-0.25, -0.2) is 9.59 Å². The molecule has 0 spiro atoms. The molecule has 0 saturated carbocycles. The van der Waals surface area contributed by atoms with Gasteiger partial charge in [0.25, 0.3) is 5.79 Å². The number of carboxylic acids is 1. The lowest BCUT2D eigenvalue weighted by Crippen LogP contribution is -2.65. The fourth-order valence-electron chi connectivity index (χ4n) is 2.21. The van der Waals surface area contributed by atoms with E-state index < -0.39 is 42.8 Å². The minimum absolute atomic E-state index is 0.0228. The van der Waals surface area contributed by atoms with Crippen LogP contribution < -0.4 is 10.1 Å². The highest BCUT2D eigenvalue weighted by atomic mass is 16.7. The molecule has 138 valence electrons. The molecule has 2 rings (SSSR count). The van der Waals surface area contributed by atoms with Crippen molar-refractivity contribution in [1.82, 2.24) is 5.32 Å². The van der Waals surface area contributed by atoms with Gasteiger partial charge in [-0.3, -0.25) is 0 Å². The molecule has 0 radical (unpaired) electrons. The van der Waals surface area contributed by atoms with E-state index in [9.17, 15) is 24.9 Å². The maximum Gasteiger partial charge on any atom is 0.407 e. The molecule has 5 N–H and O–H groups in total. The van der Waals surface area contributed by atoms with E-state index in [0.29, 0.717) is 5.56 Å². The fourth-order valence-corrected chi connectivity index (χ4v) is 2.21. The summed E-state index contributed by atoms with van der Waals surface area (Å²) < 4.78 is 15.0. The summed E-state index contributed by atoms with van der Waals surface area (Å²) in [5, 5.41) is 41.2. The Balaban J connectivity index is 2.01. The maximum absolute atomic E-state index is 11.0. The number of benzene rings is 1. The van der Waals surface area contributed by atoms with Gasteiger partial charge in [-0.2, -0.15) is 0 Å². The van der Waals surface area contributed by atoms with Crippen LogP contribution in [0.15, 0.2) is 24.3 Å². The summed E-state index contributed by atoms with van der Waals surface area (Å²) in [4.78, 5) is 21.9. The molecule has 25 heavy (non-hydrogen) atoms. The van der Waals surface area contributed by atoms with Gasteiger partial charge in [0.1, 0.15) is 25.1 Å². The number of hydrogen-bond donors (Lipinski definition) is 5. The van der Waals surface area contributed by atoms with Crippen molar-refractivity contribution in [1.29, 1.82) is 0 Å². The van der Waals surface area contributed by atoms with E-state index in [1.165, 1.54) is 19.2 Å². The Labute approximate surface area is 142 Å². The standard InChI is InChI=1S/C15H19NO9/c1-16-14(21)23-6-8-2-4-9(5-3-8)25-15(22)7-24-11(13(19)20)10(17)12(15)18/h2-5,10-12,17-18,22H,6-7H2,1H3,(H,16,21)(H,19,20)/t10-,11+,12+,15+/m1/s1. The van der Waals surface area contributed by atoms with Crippen LogP contribution in [0.3, 0.4) is 0 Å². The van der Waals surface area contributed by atoms with Crippen LogP contribution in [0.2, 0.25) is 0 Å². The Morgan fingerprint density at radius 3 is 2.52 bits per heavy atom. The Hall–Kier alpha value is -2.40. The number of nitrogens with one attached hydrogen (secondary N) is 1. The highest BCUT2D eigenvalue weighted by molar-refractivity contribution is 5.73. The molecule has 0 aromatic heterocycles. The maximum atomic E-state index is 11.0. The average Bonchev–Trinajstić information content (AvgIpc) is 2.58. The zero-order valence-corrected chi connectivity index (χ0v) is 13.3. The molecule has 1 fully saturated rings. The second-order valence-electron chi connectivity index (χ2n) is 5.42. The van der Waals surface area contributed by atoms with Crippen molar-refractivity contribution in [3.63, 3.8) is 0 Å². The highest BCUT2D eigenvalue weighted by Gasteiger charge is 2.52. The van der Waals surface area contributed by atoms with Crippen molar-refractivity contribution < 1.29 is 44.2 Å². The number of carbonyl (C=O) groups is 2. The minimum atomic E-state index is -2.31. The molecule has 1 amide bonds. The summed E-state index contributed by atoms with van der Waals surface area (Å²) in [6.07, 6.45) is -6.00. The molecule has 0 bridgehead atoms. The number of ether oxygens (including phenoxy) is 3. The third-order valence-corrected chi connectivity index (χ3v) is 3.60. The SMILES string of the molecule is CNC(=O)OCc1ccc(O[C@@]2(O)CO[C@H](C(=O)O)[C@@H](O)[C@@H]2O)cc1. The number of aliphatic hydroxyl groups is 3. The van der Waals surface area contributed by atoms with Crippen molar-refractivity contribution in [3.05, 3.63) is 29.8 Å². The van der Waals surface area contributed by atoms with Gasteiger partial charge in [-0.05, 0) is 17.7 Å². The van der Waals surface area contributed by atoms with Gasteiger partial charge in [-0.15, -0.1) is 0 Å². The molecule has 4 atom stereocenters. The van der Waals surface area contributed by atoms with Crippen LogP contribution in [-0.4, -0.2) is 70.2 Å². The van der Waals surface area contributed by atoms with E-state index in [2.05, 4.69) is 5.32 Å². The second-order valence-corrected chi connectivity index (χ2v) is 5.42. The molecule has 10 heteroatoms. The predicted octanol–water partition coefficient (Wildman–Crippen LogP) is -1.18. The van der Waals surface area contributed by atoms with Crippen LogP contribution in [0.4, 0.5) is 4.79 Å². The summed E-state index contributed by atoms with van der Waals surface area (Å²) in [6, 6.07) is 6.02. The average molecular weight is 357 g/mol. The Morgan fingerprint density at radius 2 is 1.96 bits per heavy atom. The zero-order valence-electron chi connectivity index (χ0n) is 13.3. The van der Waals surface area contributed by atoms with E-state index in [-0.39, 0.29) is 12.4 Å². The Bertz CT molecular complexity index is 620. The van der Waals surface area contributed by atoms with Crippen LogP contribution in [0.5, 0.6) is 5.75 Å². The largest absolute Gasteiger partial charge is 0.479 e. The predicted molar refractivity (Wildman–Crippen MR) is 80.7 cm³/mol. The normalized spacial score (nSPS) is 28.9. The molecule has 10 nitrogen and oxygen atoms in total. The molecule has 0 aliphatic carbocycles. The molecule has 1 aliphatic rings. The van der Waals surface area contributed by atoms with E-state index in [4.69, 9.17) is 19.3 Å². The first-order valence-electron chi connectivity index (χ1n) is 7.32. The molecule has 0 unspecified atom stereocenters. The molecule has 1 aromatic rings. The molecule has 1 saturated heterocycles. The van der Waals surface area contributed by atoms with Crippen molar-refractivity contribution in [3.8, 4) is 5.75 Å². The Kier molecular flexibility index (Phi) is 5.80. The van der Waals surface area contributed by atoms with E-state index in [0.717, 1.165) is 0 Å². The van der Waals surface area contributed by atoms with Crippen molar-refractivity contribution in [2.75, 3.05) is 13.7 Å². The number of aliphatic carboxylic acids is 1. The second kappa shape index (κ2) is 7.66. The van der Waals surface area contributed by atoms with Crippen molar-refractivity contribution in [2.24, 2.45) is 0 Å². The van der Waals surface area contributed by atoms with Crippen LogP contribution in [0, 0.1) is 0 Å². The quantitative estimate of drug-likeness (QED) is 0.409. The summed E-state index contributed by atoms with van der Waals surface area (Å²) in [7, 11) is 1.43. The number of aliphatic hydroxyl groups excluding tert-OH is 2. The van der Waals surface area contributed by atoms with Gasteiger partial charge in [0.15, 0.2) is 12.2 Å². The van der Waals surface area contributed by atoms with Crippen LogP contribution in [0.1, 0.15) is 5.56 Å². The first-order chi connectivity index (χ1) is 11.8. The lowest BCUT2D eigenvalue weighted by Gasteiger charge is -2.41. The Morgan fingerprint density at radius 1 is 1.32 bits per heavy atom. The van der Waals surface area contributed by atoms with E-state index >= 15 is 0 Å². The number of amides is 1. The zero-order chi connectivity index (χ0) is 18.6. The van der Waals surface area contributed by atoms with Crippen LogP contribution in [-0.2, 0) is 20.9 Å². The summed E-state index contributed by atoms with van der Waals surface area (Å²) >= 11 is 0.